The van der Waals surface area contributed by atoms with Crippen LogP contribution in [0, 0.1) is 6.92 Å². The molecular formula is C9H11N3O4. The molecule has 7 nitrogen and oxygen atoms in total. The SMILES string of the molecule is Cc1cc(OC(=O)NC(C)C(=O)O)ncn1. The summed E-state index contributed by atoms with van der Waals surface area (Å²) >= 11 is 0. The molecule has 0 saturated heterocycles. The third kappa shape index (κ3) is 3.52. The van der Waals surface area contributed by atoms with Gasteiger partial charge in [-0.2, -0.15) is 0 Å². The molecule has 0 aromatic carbocycles. The highest BCUT2D eigenvalue weighted by molar-refractivity contribution is 5.80. The van der Waals surface area contributed by atoms with Crippen LogP contribution in [0.1, 0.15) is 12.6 Å². The molecule has 0 aliphatic carbocycles. The smallest absolute Gasteiger partial charge is 0.414 e. The zero-order chi connectivity index (χ0) is 12.1. The van der Waals surface area contributed by atoms with Crippen molar-refractivity contribution in [2.75, 3.05) is 0 Å². The van der Waals surface area contributed by atoms with Gasteiger partial charge in [-0.05, 0) is 13.8 Å². The van der Waals surface area contributed by atoms with E-state index >= 15 is 0 Å². The molecule has 2 N–H and O–H groups in total. The van der Waals surface area contributed by atoms with Crippen LogP contribution in [0.4, 0.5) is 4.79 Å². The van der Waals surface area contributed by atoms with E-state index in [9.17, 15) is 9.59 Å². The largest absolute Gasteiger partial charge is 0.480 e. The zero-order valence-corrected chi connectivity index (χ0v) is 8.80. The molecule has 1 unspecified atom stereocenters. The van der Waals surface area contributed by atoms with Crippen LogP contribution in [0.3, 0.4) is 0 Å². The number of ether oxygens (including phenoxy) is 1. The van der Waals surface area contributed by atoms with Gasteiger partial charge in [0.05, 0.1) is 0 Å². The van der Waals surface area contributed by atoms with Crippen molar-refractivity contribution >= 4 is 12.1 Å². The number of carbonyl (C=O) groups is 2. The van der Waals surface area contributed by atoms with E-state index in [4.69, 9.17) is 9.84 Å². The summed E-state index contributed by atoms with van der Waals surface area (Å²) in [5, 5.41) is 10.7. The second kappa shape index (κ2) is 5.06. The van der Waals surface area contributed by atoms with Crippen LogP contribution in [0.15, 0.2) is 12.4 Å². The Morgan fingerprint density at radius 3 is 2.75 bits per heavy atom. The molecule has 0 saturated carbocycles. The Balaban J connectivity index is 2.55. The first kappa shape index (κ1) is 11.9. The minimum Gasteiger partial charge on any atom is -0.480 e. The van der Waals surface area contributed by atoms with Gasteiger partial charge in [0.15, 0.2) is 0 Å². The molecule has 1 amide bonds. The summed E-state index contributed by atoms with van der Waals surface area (Å²) in [5.41, 5.74) is 0.643. The number of rotatable bonds is 3. The summed E-state index contributed by atoms with van der Waals surface area (Å²) in [6, 6.07) is 0.445. The number of carboxylic acids is 1. The second-order valence-corrected chi connectivity index (χ2v) is 3.09. The molecule has 0 fully saturated rings. The average molecular weight is 225 g/mol. The van der Waals surface area contributed by atoms with Gasteiger partial charge in [-0.3, -0.25) is 4.79 Å². The standard InChI is InChI=1S/C9H11N3O4/c1-5-3-7(11-4-10-5)16-9(15)12-6(2)8(13)14/h3-4,6H,1-2H3,(H,12,15)(H,13,14). The Kier molecular flexibility index (Phi) is 3.76. The lowest BCUT2D eigenvalue weighted by Gasteiger charge is -2.08. The Morgan fingerprint density at radius 2 is 2.19 bits per heavy atom. The van der Waals surface area contributed by atoms with E-state index in [1.54, 1.807) is 6.92 Å². The van der Waals surface area contributed by atoms with Crippen LogP contribution in [0.5, 0.6) is 5.88 Å². The summed E-state index contributed by atoms with van der Waals surface area (Å²) in [6.07, 6.45) is 0.381. The van der Waals surface area contributed by atoms with Gasteiger partial charge in [0, 0.05) is 11.8 Å². The number of nitrogens with zero attached hydrogens (tertiary/aromatic N) is 2. The normalized spacial score (nSPS) is 11.6. The first-order chi connectivity index (χ1) is 7.49. The number of carbonyl (C=O) groups excluding carboxylic acids is 1. The molecule has 1 aromatic heterocycles. The fraction of sp³-hybridized carbons (Fsp3) is 0.333. The summed E-state index contributed by atoms with van der Waals surface area (Å²) in [6.45, 7) is 3.04. The summed E-state index contributed by atoms with van der Waals surface area (Å²) in [7, 11) is 0. The number of aliphatic carboxylic acids is 1. The fourth-order valence-corrected chi connectivity index (χ4v) is 0.849. The van der Waals surface area contributed by atoms with Gasteiger partial charge in [0.1, 0.15) is 12.4 Å². The zero-order valence-electron chi connectivity index (χ0n) is 8.80. The number of hydrogen-bond donors (Lipinski definition) is 2. The highest BCUT2D eigenvalue weighted by Gasteiger charge is 2.15. The number of carboxylic acid groups (broad SMARTS) is 1. The highest BCUT2D eigenvalue weighted by Crippen LogP contribution is 2.05. The van der Waals surface area contributed by atoms with E-state index in [1.165, 1.54) is 19.3 Å². The maximum atomic E-state index is 11.2. The number of aromatic nitrogens is 2. The summed E-state index contributed by atoms with van der Waals surface area (Å²) in [4.78, 5) is 29.1. The lowest BCUT2D eigenvalue weighted by Crippen LogP contribution is -2.40. The van der Waals surface area contributed by atoms with Crippen molar-refractivity contribution in [1.82, 2.24) is 15.3 Å². The van der Waals surface area contributed by atoms with Gasteiger partial charge in [-0.15, -0.1) is 0 Å². The van der Waals surface area contributed by atoms with Gasteiger partial charge < -0.3 is 15.2 Å². The monoisotopic (exact) mass is 225 g/mol. The molecule has 0 aliphatic heterocycles. The van der Waals surface area contributed by atoms with Gasteiger partial charge in [-0.1, -0.05) is 0 Å². The van der Waals surface area contributed by atoms with Crippen LogP contribution >= 0.6 is 0 Å². The predicted molar refractivity (Wildman–Crippen MR) is 53.0 cm³/mol. The van der Waals surface area contributed by atoms with Crippen molar-refractivity contribution in [3.8, 4) is 5.88 Å². The summed E-state index contributed by atoms with van der Waals surface area (Å²) < 4.78 is 4.75. The molecular weight excluding hydrogens is 214 g/mol. The topological polar surface area (TPSA) is 101 Å². The molecule has 1 aromatic rings. The van der Waals surface area contributed by atoms with Crippen LogP contribution in [-0.2, 0) is 4.79 Å². The minimum absolute atomic E-state index is 0.0718. The van der Waals surface area contributed by atoms with Crippen molar-refractivity contribution < 1.29 is 19.4 Å². The number of amides is 1. The number of nitrogens with one attached hydrogen (secondary N) is 1. The van der Waals surface area contributed by atoms with Crippen LogP contribution in [-0.4, -0.2) is 33.2 Å². The van der Waals surface area contributed by atoms with Gasteiger partial charge in [0.2, 0.25) is 5.88 Å². The predicted octanol–water partition coefficient (Wildman–Crippen LogP) is 0.347. The Morgan fingerprint density at radius 1 is 1.50 bits per heavy atom. The molecule has 86 valence electrons. The van der Waals surface area contributed by atoms with Crippen molar-refractivity contribution in [3.63, 3.8) is 0 Å². The van der Waals surface area contributed by atoms with E-state index in [-0.39, 0.29) is 5.88 Å². The quantitative estimate of drug-likeness (QED) is 0.769. The third-order valence-electron chi connectivity index (χ3n) is 1.68. The van der Waals surface area contributed by atoms with E-state index in [0.717, 1.165) is 0 Å². The molecule has 16 heavy (non-hydrogen) atoms. The highest BCUT2D eigenvalue weighted by atomic mass is 16.6. The Hall–Kier alpha value is -2.18. The van der Waals surface area contributed by atoms with Gasteiger partial charge in [0.25, 0.3) is 0 Å². The van der Waals surface area contributed by atoms with E-state index in [1.807, 2.05) is 0 Å². The van der Waals surface area contributed by atoms with Crippen LogP contribution in [0.2, 0.25) is 0 Å². The van der Waals surface area contributed by atoms with Gasteiger partial charge in [-0.25, -0.2) is 14.8 Å². The summed E-state index contributed by atoms with van der Waals surface area (Å²) in [5.74, 6) is -1.07. The first-order valence-electron chi connectivity index (χ1n) is 4.49. The maximum absolute atomic E-state index is 11.2. The Bertz CT molecular complexity index is 407. The van der Waals surface area contributed by atoms with E-state index in [0.29, 0.717) is 5.69 Å². The molecule has 1 heterocycles. The lowest BCUT2D eigenvalue weighted by atomic mass is 10.3. The number of aryl methyl sites for hydroxylation is 1. The van der Waals surface area contributed by atoms with Crippen molar-refractivity contribution in [1.29, 1.82) is 0 Å². The van der Waals surface area contributed by atoms with E-state index in [2.05, 4.69) is 15.3 Å². The minimum atomic E-state index is -1.14. The van der Waals surface area contributed by atoms with Crippen molar-refractivity contribution in [2.24, 2.45) is 0 Å². The van der Waals surface area contributed by atoms with Crippen LogP contribution < -0.4 is 10.1 Å². The molecule has 0 bridgehead atoms. The maximum Gasteiger partial charge on any atom is 0.414 e. The third-order valence-corrected chi connectivity index (χ3v) is 1.68. The average Bonchev–Trinajstić information content (AvgIpc) is 2.16. The second-order valence-electron chi connectivity index (χ2n) is 3.09. The first-order valence-corrected chi connectivity index (χ1v) is 4.49. The van der Waals surface area contributed by atoms with Crippen molar-refractivity contribution in [2.45, 2.75) is 19.9 Å². The van der Waals surface area contributed by atoms with Crippen molar-refractivity contribution in [3.05, 3.63) is 18.1 Å². The van der Waals surface area contributed by atoms with Gasteiger partial charge >= 0.3 is 12.1 Å². The Labute approximate surface area is 91.5 Å². The molecule has 7 heteroatoms. The number of hydrogen-bond acceptors (Lipinski definition) is 5. The molecule has 0 aliphatic rings. The lowest BCUT2D eigenvalue weighted by molar-refractivity contribution is -0.138. The molecule has 1 atom stereocenters. The molecule has 0 radical (unpaired) electrons. The molecule has 1 rings (SSSR count). The van der Waals surface area contributed by atoms with E-state index < -0.39 is 18.1 Å². The van der Waals surface area contributed by atoms with Crippen LogP contribution in [0.25, 0.3) is 0 Å². The fourth-order valence-electron chi connectivity index (χ4n) is 0.849. The molecule has 0 spiro atoms.